The van der Waals surface area contributed by atoms with Gasteiger partial charge in [-0.3, -0.25) is 9.88 Å². The van der Waals surface area contributed by atoms with Gasteiger partial charge in [0.1, 0.15) is 23.8 Å². The van der Waals surface area contributed by atoms with Crippen LogP contribution in [0.25, 0.3) is 10.9 Å². The third-order valence-electron chi connectivity index (χ3n) is 4.79. The summed E-state index contributed by atoms with van der Waals surface area (Å²) in [6.45, 7) is 5.00. The second-order valence-electron chi connectivity index (χ2n) is 6.63. The third-order valence-corrected chi connectivity index (χ3v) is 4.79. The van der Waals surface area contributed by atoms with Gasteiger partial charge < -0.3 is 4.90 Å². The predicted molar refractivity (Wildman–Crippen MR) is 95.8 cm³/mol. The minimum atomic E-state index is -0.535. The van der Waals surface area contributed by atoms with Gasteiger partial charge in [0.05, 0.1) is 11.7 Å². The molecule has 5 nitrogen and oxygen atoms in total. The fourth-order valence-electron chi connectivity index (χ4n) is 3.50. The number of piperazine rings is 1. The smallest absolute Gasteiger partial charge is 0.140 e. The number of benzene rings is 1. The molecule has 0 aliphatic carbocycles. The number of anilines is 1. The first kappa shape index (κ1) is 16.8. The van der Waals surface area contributed by atoms with E-state index < -0.39 is 11.6 Å². The van der Waals surface area contributed by atoms with Gasteiger partial charge in [-0.2, -0.15) is 0 Å². The Morgan fingerprint density at radius 2 is 1.92 bits per heavy atom. The van der Waals surface area contributed by atoms with Gasteiger partial charge in [0, 0.05) is 49.9 Å². The highest BCUT2D eigenvalue weighted by Crippen LogP contribution is 2.25. The summed E-state index contributed by atoms with van der Waals surface area (Å²) >= 11 is 0. The first-order valence-electron chi connectivity index (χ1n) is 8.59. The van der Waals surface area contributed by atoms with Gasteiger partial charge in [0.2, 0.25) is 0 Å². The van der Waals surface area contributed by atoms with Gasteiger partial charge in [-0.05, 0) is 30.7 Å². The molecule has 1 aliphatic heterocycles. The summed E-state index contributed by atoms with van der Waals surface area (Å²) in [6, 6.07) is 5.85. The number of halogens is 2. The molecule has 1 fully saturated rings. The standard InChI is InChI=1S/C19H19F2N5/c1-13-10-26(19-17-2-3-22-9-18(17)23-12-24-19)5-4-25(13)11-14-6-15(20)8-16(21)7-14/h2-3,6-9,12-13H,4-5,10-11H2,1H3. The second kappa shape index (κ2) is 6.92. The molecule has 0 spiro atoms. The highest BCUT2D eigenvalue weighted by atomic mass is 19.1. The van der Waals surface area contributed by atoms with E-state index in [1.54, 1.807) is 18.7 Å². The van der Waals surface area contributed by atoms with Crippen LogP contribution in [0.5, 0.6) is 0 Å². The Bertz CT molecular complexity index is 907. The van der Waals surface area contributed by atoms with Crippen molar-refractivity contribution >= 4 is 16.7 Å². The predicted octanol–water partition coefficient (Wildman–Crippen LogP) is 3.01. The van der Waals surface area contributed by atoms with Crippen molar-refractivity contribution in [2.75, 3.05) is 24.5 Å². The van der Waals surface area contributed by atoms with E-state index in [1.165, 1.54) is 12.1 Å². The summed E-state index contributed by atoms with van der Waals surface area (Å²) < 4.78 is 26.9. The summed E-state index contributed by atoms with van der Waals surface area (Å²) in [5.74, 6) is -0.166. The van der Waals surface area contributed by atoms with Gasteiger partial charge >= 0.3 is 0 Å². The maximum absolute atomic E-state index is 13.4. The molecule has 0 radical (unpaired) electrons. The minimum absolute atomic E-state index is 0.224. The third kappa shape index (κ3) is 3.35. The normalized spacial score (nSPS) is 18.4. The summed E-state index contributed by atoms with van der Waals surface area (Å²) in [5.41, 5.74) is 1.48. The molecule has 1 aliphatic rings. The highest BCUT2D eigenvalue weighted by molar-refractivity contribution is 5.88. The van der Waals surface area contributed by atoms with Crippen molar-refractivity contribution in [3.8, 4) is 0 Å². The lowest BCUT2D eigenvalue weighted by Crippen LogP contribution is -2.51. The van der Waals surface area contributed by atoms with Crippen molar-refractivity contribution in [3.63, 3.8) is 0 Å². The van der Waals surface area contributed by atoms with Crippen molar-refractivity contribution in [1.29, 1.82) is 0 Å². The van der Waals surface area contributed by atoms with E-state index in [1.807, 2.05) is 6.07 Å². The molecule has 1 atom stereocenters. The van der Waals surface area contributed by atoms with Crippen molar-refractivity contribution in [2.24, 2.45) is 0 Å². The zero-order chi connectivity index (χ0) is 18.1. The number of pyridine rings is 1. The summed E-state index contributed by atoms with van der Waals surface area (Å²) in [6.07, 6.45) is 5.04. The molecular formula is C19H19F2N5. The lowest BCUT2D eigenvalue weighted by atomic mass is 10.1. The van der Waals surface area contributed by atoms with Crippen LogP contribution in [0.4, 0.5) is 14.6 Å². The number of aromatic nitrogens is 3. The van der Waals surface area contributed by atoms with E-state index in [0.717, 1.165) is 42.4 Å². The largest absolute Gasteiger partial charge is 0.353 e. The fraction of sp³-hybridized carbons (Fsp3) is 0.316. The highest BCUT2D eigenvalue weighted by Gasteiger charge is 2.25. The van der Waals surface area contributed by atoms with Crippen LogP contribution in [0.15, 0.2) is 43.0 Å². The Balaban J connectivity index is 1.51. The summed E-state index contributed by atoms with van der Waals surface area (Å²) in [4.78, 5) is 17.3. The number of nitrogens with zero attached hydrogens (tertiary/aromatic N) is 5. The Morgan fingerprint density at radius 1 is 1.12 bits per heavy atom. The Hall–Kier alpha value is -2.67. The molecule has 26 heavy (non-hydrogen) atoms. The molecule has 134 valence electrons. The van der Waals surface area contributed by atoms with E-state index in [9.17, 15) is 8.78 Å². The van der Waals surface area contributed by atoms with E-state index in [0.29, 0.717) is 12.1 Å². The first-order valence-corrected chi connectivity index (χ1v) is 8.59. The van der Waals surface area contributed by atoms with Crippen LogP contribution in [0.1, 0.15) is 12.5 Å². The van der Waals surface area contributed by atoms with Crippen molar-refractivity contribution in [3.05, 3.63) is 60.2 Å². The quantitative estimate of drug-likeness (QED) is 0.723. The average Bonchev–Trinajstić information content (AvgIpc) is 2.62. The average molecular weight is 355 g/mol. The number of fused-ring (bicyclic) bond motifs is 1. The van der Waals surface area contributed by atoms with Gasteiger partial charge in [-0.25, -0.2) is 18.7 Å². The van der Waals surface area contributed by atoms with Crippen LogP contribution >= 0.6 is 0 Å². The number of rotatable bonds is 3. The zero-order valence-electron chi connectivity index (χ0n) is 14.4. The second-order valence-corrected chi connectivity index (χ2v) is 6.63. The lowest BCUT2D eigenvalue weighted by Gasteiger charge is -2.40. The molecule has 3 heterocycles. The molecule has 7 heteroatoms. The molecule has 4 rings (SSSR count). The molecule has 1 saturated heterocycles. The van der Waals surface area contributed by atoms with Crippen LogP contribution < -0.4 is 4.90 Å². The van der Waals surface area contributed by atoms with Gasteiger partial charge in [0.25, 0.3) is 0 Å². The molecule has 1 aromatic carbocycles. The van der Waals surface area contributed by atoms with Gasteiger partial charge in [0.15, 0.2) is 0 Å². The first-order chi connectivity index (χ1) is 12.6. The molecule has 1 unspecified atom stereocenters. The van der Waals surface area contributed by atoms with E-state index in [4.69, 9.17) is 0 Å². The molecule has 0 amide bonds. The van der Waals surface area contributed by atoms with Crippen LogP contribution in [0, 0.1) is 11.6 Å². The molecule has 0 bridgehead atoms. The Labute approximate surface area is 150 Å². The van der Waals surface area contributed by atoms with E-state index in [-0.39, 0.29) is 6.04 Å². The fourth-order valence-corrected chi connectivity index (χ4v) is 3.50. The van der Waals surface area contributed by atoms with Crippen LogP contribution in [-0.4, -0.2) is 45.5 Å². The molecule has 0 saturated carbocycles. The summed E-state index contributed by atoms with van der Waals surface area (Å²) in [5, 5.41) is 0.982. The van der Waals surface area contributed by atoms with Crippen molar-refractivity contribution in [1.82, 2.24) is 19.9 Å². The van der Waals surface area contributed by atoms with E-state index >= 15 is 0 Å². The molecule has 0 N–H and O–H groups in total. The van der Waals surface area contributed by atoms with Gasteiger partial charge in [-0.15, -0.1) is 0 Å². The van der Waals surface area contributed by atoms with Gasteiger partial charge in [-0.1, -0.05) is 0 Å². The Kier molecular flexibility index (Phi) is 4.46. The topological polar surface area (TPSA) is 45.2 Å². The van der Waals surface area contributed by atoms with Crippen molar-refractivity contribution in [2.45, 2.75) is 19.5 Å². The SMILES string of the molecule is CC1CN(c2ncnc3cnccc23)CCN1Cc1cc(F)cc(F)c1. The van der Waals surface area contributed by atoms with Crippen LogP contribution in [0.3, 0.4) is 0 Å². The maximum Gasteiger partial charge on any atom is 0.140 e. The maximum atomic E-state index is 13.4. The molecule has 2 aromatic heterocycles. The zero-order valence-corrected chi connectivity index (χ0v) is 14.4. The van der Waals surface area contributed by atoms with E-state index in [2.05, 4.69) is 31.7 Å². The van der Waals surface area contributed by atoms with Crippen LogP contribution in [0.2, 0.25) is 0 Å². The lowest BCUT2D eigenvalue weighted by molar-refractivity contribution is 0.180. The van der Waals surface area contributed by atoms with Crippen LogP contribution in [-0.2, 0) is 6.54 Å². The summed E-state index contributed by atoms with van der Waals surface area (Å²) in [7, 11) is 0. The minimum Gasteiger partial charge on any atom is -0.353 e. The van der Waals surface area contributed by atoms with Crippen molar-refractivity contribution < 1.29 is 8.78 Å². The molecule has 3 aromatic rings. The number of hydrogen-bond acceptors (Lipinski definition) is 5. The number of hydrogen-bond donors (Lipinski definition) is 0. The monoisotopic (exact) mass is 355 g/mol. The molecular weight excluding hydrogens is 336 g/mol. The Morgan fingerprint density at radius 3 is 2.69 bits per heavy atom.